The predicted octanol–water partition coefficient (Wildman–Crippen LogP) is 3.83. The van der Waals surface area contributed by atoms with Crippen molar-refractivity contribution < 1.29 is 4.79 Å². The van der Waals surface area contributed by atoms with Crippen molar-refractivity contribution in [2.24, 2.45) is 0 Å². The summed E-state index contributed by atoms with van der Waals surface area (Å²) in [5.74, 6) is 0.278. The average Bonchev–Trinajstić information content (AvgIpc) is 2.46. The summed E-state index contributed by atoms with van der Waals surface area (Å²) in [4.78, 5) is 14.6. The van der Waals surface area contributed by atoms with E-state index in [2.05, 4.69) is 11.9 Å². The van der Waals surface area contributed by atoms with Crippen molar-refractivity contribution >= 4 is 5.78 Å². The van der Waals surface area contributed by atoms with Crippen LogP contribution in [0.2, 0.25) is 0 Å². The molecule has 0 heterocycles. The van der Waals surface area contributed by atoms with Gasteiger partial charge in [-0.05, 0) is 32.4 Å². The number of carbonyl (C=O) groups excluding carboxylic acids is 1. The van der Waals surface area contributed by atoms with Crippen LogP contribution in [0.3, 0.4) is 0 Å². The first-order valence-electron chi connectivity index (χ1n) is 7.47. The van der Waals surface area contributed by atoms with E-state index in [4.69, 9.17) is 0 Å². The van der Waals surface area contributed by atoms with E-state index < -0.39 is 0 Å². The number of ketones is 1. The summed E-state index contributed by atoms with van der Waals surface area (Å²) in [5, 5.41) is 0. The molecule has 2 nitrogen and oxygen atoms in total. The molecule has 0 radical (unpaired) electrons. The van der Waals surface area contributed by atoms with E-state index in [1.54, 1.807) is 0 Å². The second-order valence-corrected chi connectivity index (χ2v) is 5.76. The van der Waals surface area contributed by atoms with Crippen molar-refractivity contribution in [1.29, 1.82) is 0 Å². The van der Waals surface area contributed by atoms with Gasteiger partial charge in [0.15, 0.2) is 5.78 Å². The third kappa shape index (κ3) is 3.90. The number of aryl methyl sites for hydroxylation is 1. The minimum atomic E-state index is 0.278. The average molecular weight is 259 g/mol. The smallest absolute Gasteiger partial charge is 0.164 e. The number of rotatable bonds is 5. The molecule has 0 amide bonds. The highest BCUT2D eigenvalue weighted by Gasteiger charge is 2.18. The lowest BCUT2D eigenvalue weighted by Crippen LogP contribution is -2.34. The van der Waals surface area contributed by atoms with E-state index in [0.29, 0.717) is 12.5 Å². The van der Waals surface area contributed by atoms with Crippen molar-refractivity contribution in [1.82, 2.24) is 4.90 Å². The van der Waals surface area contributed by atoms with E-state index in [-0.39, 0.29) is 5.78 Å². The zero-order valence-electron chi connectivity index (χ0n) is 12.2. The van der Waals surface area contributed by atoms with Crippen molar-refractivity contribution in [2.45, 2.75) is 51.5 Å². The van der Waals surface area contributed by atoms with Crippen LogP contribution in [-0.4, -0.2) is 30.3 Å². The van der Waals surface area contributed by atoms with Gasteiger partial charge in [-0.1, -0.05) is 43.5 Å². The van der Waals surface area contributed by atoms with Gasteiger partial charge in [-0.15, -0.1) is 0 Å². The highest BCUT2D eigenvalue weighted by Crippen LogP contribution is 2.22. The number of Topliss-reactive ketones (excluding diaryl/α,β-unsaturated/α-hetero) is 1. The van der Waals surface area contributed by atoms with Gasteiger partial charge in [-0.2, -0.15) is 0 Å². The predicted molar refractivity (Wildman–Crippen MR) is 79.6 cm³/mol. The van der Waals surface area contributed by atoms with Crippen molar-refractivity contribution in [2.75, 3.05) is 13.6 Å². The minimum absolute atomic E-state index is 0.278. The van der Waals surface area contributed by atoms with E-state index in [9.17, 15) is 4.79 Å². The summed E-state index contributed by atoms with van der Waals surface area (Å²) < 4.78 is 0. The molecule has 0 atom stereocenters. The molecule has 0 spiro atoms. The summed E-state index contributed by atoms with van der Waals surface area (Å²) >= 11 is 0. The van der Waals surface area contributed by atoms with Gasteiger partial charge in [-0.3, -0.25) is 4.79 Å². The van der Waals surface area contributed by atoms with Crippen LogP contribution in [0, 0.1) is 6.92 Å². The van der Waals surface area contributed by atoms with E-state index >= 15 is 0 Å². The fourth-order valence-corrected chi connectivity index (χ4v) is 3.00. The van der Waals surface area contributed by atoms with Crippen LogP contribution in [0.25, 0.3) is 0 Å². The Morgan fingerprint density at radius 2 is 1.89 bits per heavy atom. The summed E-state index contributed by atoms with van der Waals surface area (Å²) in [6.07, 6.45) is 7.32. The molecule has 2 rings (SSSR count). The molecular formula is C17H25NO. The molecule has 0 saturated heterocycles. The van der Waals surface area contributed by atoms with Gasteiger partial charge in [-0.25, -0.2) is 0 Å². The highest BCUT2D eigenvalue weighted by atomic mass is 16.1. The normalized spacial score (nSPS) is 16.8. The highest BCUT2D eigenvalue weighted by molar-refractivity contribution is 5.97. The molecule has 19 heavy (non-hydrogen) atoms. The van der Waals surface area contributed by atoms with Crippen LogP contribution in [0.1, 0.15) is 54.4 Å². The monoisotopic (exact) mass is 259 g/mol. The first kappa shape index (κ1) is 14.3. The fraction of sp³-hybridized carbons (Fsp3) is 0.588. The maximum Gasteiger partial charge on any atom is 0.164 e. The molecule has 0 aromatic heterocycles. The molecule has 1 aromatic carbocycles. The van der Waals surface area contributed by atoms with Gasteiger partial charge in [0.2, 0.25) is 0 Å². The summed E-state index contributed by atoms with van der Waals surface area (Å²) in [6, 6.07) is 8.58. The van der Waals surface area contributed by atoms with Crippen LogP contribution in [0.15, 0.2) is 24.3 Å². The molecular weight excluding hydrogens is 234 g/mol. The van der Waals surface area contributed by atoms with Crippen molar-refractivity contribution in [3.8, 4) is 0 Å². The van der Waals surface area contributed by atoms with Crippen LogP contribution >= 0.6 is 0 Å². The number of nitrogens with zero attached hydrogens (tertiary/aromatic N) is 1. The quantitative estimate of drug-likeness (QED) is 0.749. The second kappa shape index (κ2) is 6.85. The summed E-state index contributed by atoms with van der Waals surface area (Å²) in [7, 11) is 2.17. The third-order valence-electron chi connectivity index (χ3n) is 4.34. The van der Waals surface area contributed by atoms with Crippen molar-refractivity contribution in [3.05, 3.63) is 35.4 Å². The third-order valence-corrected chi connectivity index (χ3v) is 4.34. The Morgan fingerprint density at radius 3 is 2.58 bits per heavy atom. The maximum atomic E-state index is 12.2. The van der Waals surface area contributed by atoms with Crippen LogP contribution in [0.4, 0.5) is 0 Å². The first-order valence-corrected chi connectivity index (χ1v) is 7.47. The molecule has 0 unspecified atom stereocenters. The lowest BCUT2D eigenvalue weighted by molar-refractivity contribution is 0.0952. The van der Waals surface area contributed by atoms with Crippen LogP contribution in [-0.2, 0) is 0 Å². The molecule has 1 aliphatic carbocycles. The largest absolute Gasteiger partial charge is 0.303 e. The number of benzene rings is 1. The maximum absolute atomic E-state index is 12.2. The number of hydrogen-bond donors (Lipinski definition) is 0. The van der Waals surface area contributed by atoms with Gasteiger partial charge in [0, 0.05) is 24.6 Å². The Bertz CT molecular complexity index is 421. The molecule has 1 saturated carbocycles. The first-order chi connectivity index (χ1) is 9.18. The van der Waals surface area contributed by atoms with Gasteiger partial charge in [0.25, 0.3) is 0 Å². The van der Waals surface area contributed by atoms with E-state index in [1.165, 1.54) is 32.1 Å². The van der Waals surface area contributed by atoms with Gasteiger partial charge in [0.1, 0.15) is 0 Å². The molecule has 0 N–H and O–H groups in total. The number of hydrogen-bond acceptors (Lipinski definition) is 2. The molecule has 0 bridgehead atoms. The van der Waals surface area contributed by atoms with E-state index in [0.717, 1.165) is 17.7 Å². The topological polar surface area (TPSA) is 20.3 Å². The fourth-order valence-electron chi connectivity index (χ4n) is 3.00. The Balaban J connectivity index is 1.84. The lowest BCUT2D eigenvalue weighted by atomic mass is 9.94. The Labute approximate surface area is 116 Å². The van der Waals surface area contributed by atoms with Gasteiger partial charge in [0.05, 0.1) is 0 Å². The van der Waals surface area contributed by atoms with Gasteiger partial charge < -0.3 is 4.90 Å². The van der Waals surface area contributed by atoms with Crippen molar-refractivity contribution in [3.63, 3.8) is 0 Å². The molecule has 1 aliphatic rings. The van der Waals surface area contributed by atoms with Crippen LogP contribution < -0.4 is 0 Å². The SMILES string of the molecule is Cc1ccccc1C(=O)CCN(C)C1CCCCC1. The number of carbonyl (C=O) groups is 1. The zero-order chi connectivity index (χ0) is 13.7. The molecule has 104 valence electrons. The van der Waals surface area contributed by atoms with Crippen LogP contribution in [0.5, 0.6) is 0 Å². The molecule has 1 aromatic rings. The standard InChI is InChI=1S/C17H25NO/c1-14-8-6-7-11-16(14)17(19)12-13-18(2)15-9-4-3-5-10-15/h6-8,11,15H,3-5,9-10,12-13H2,1-2H3. The lowest BCUT2D eigenvalue weighted by Gasteiger charge is -2.31. The molecule has 1 fully saturated rings. The zero-order valence-corrected chi connectivity index (χ0v) is 12.2. The second-order valence-electron chi connectivity index (χ2n) is 5.76. The summed E-state index contributed by atoms with van der Waals surface area (Å²) in [5.41, 5.74) is 1.98. The Kier molecular flexibility index (Phi) is 5.15. The molecule has 0 aliphatic heterocycles. The Morgan fingerprint density at radius 1 is 1.21 bits per heavy atom. The molecule has 2 heteroatoms. The minimum Gasteiger partial charge on any atom is -0.303 e. The van der Waals surface area contributed by atoms with E-state index in [1.807, 2.05) is 31.2 Å². The van der Waals surface area contributed by atoms with Gasteiger partial charge >= 0.3 is 0 Å². The summed E-state index contributed by atoms with van der Waals surface area (Å²) in [6.45, 7) is 2.90. The Hall–Kier alpha value is -1.15.